The van der Waals surface area contributed by atoms with E-state index < -0.39 is 0 Å². The maximum Gasteiger partial charge on any atom is 0.251 e. The number of H-pyrrole nitrogens is 1. The molecule has 6 nitrogen and oxygen atoms in total. The largest absolute Gasteiger partial charge is 0.307 e. The third-order valence-corrected chi connectivity index (χ3v) is 4.62. The van der Waals surface area contributed by atoms with Crippen LogP contribution in [-0.4, -0.2) is 31.7 Å². The predicted octanol–water partition coefficient (Wildman–Crippen LogP) is 3.23. The Morgan fingerprint density at radius 1 is 1.19 bits per heavy atom. The zero-order chi connectivity index (χ0) is 19.6. The second-order valence-electron chi connectivity index (χ2n) is 7.42. The number of aromatic nitrogens is 4. The van der Waals surface area contributed by atoms with Gasteiger partial charge in [-0.05, 0) is 25.5 Å². The minimum atomic E-state index is -0.113. The van der Waals surface area contributed by atoms with Crippen molar-refractivity contribution in [3.63, 3.8) is 0 Å². The number of hydrogen-bond donors (Lipinski definition) is 1. The minimum Gasteiger partial charge on any atom is -0.307 e. The van der Waals surface area contributed by atoms with Gasteiger partial charge in [0, 0.05) is 43.5 Å². The van der Waals surface area contributed by atoms with Gasteiger partial charge in [0.2, 0.25) is 0 Å². The van der Waals surface area contributed by atoms with Crippen molar-refractivity contribution in [1.29, 1.82) is 0 Å². The van der Waals surface area contributed by atoms with Crippen LogP contribution in [0.25, 0.3) is 11.4 Å². The third-order valence-electron chi connectivity index (χ3n) is 4.62. The molecule has 3 rings (SSSR count). The number of rotatable bonds is 6. The lowest BCUT2D eigenvalue weighted by molar-refractivity contribution is 0.318. The van der Waals surface area contributed by atoms with Crippen LogP contribution in [0.1, 0.15) is 42.3 Å². The Hall–Kier alpha value is -2.73. The molecule has 0 aliphatic rings. The number of aromatic amines is 1. The zero-order valence-corrected chi connectivity index (χ0v) is 16.7. The molecule has 1 aromatic carbocycles. The number of hydrogen-bond acceptors (Lipinski definition) is 4. The van der Waals surface area contributed by atoms with Gasteiger partial charge < -0.3 is 4.98 Å². The Morgan fingerprint density at radius 3 is 2.56 bits per heavy atom. The third kappa shape index (κ3) is 4.52. The van der Waals surface area contributed by atoms with E-state index in [1.807, 2.05) is 50.7 Å². The lowest BCUT2D eigenvalue weighted by atomic mass is 10.1. The van der Waals surface area contributed by atoms with Crippen LogP contribution in [0.4, 0.5) is 0 Å². The molecule has 0 aliphatic heterocycles. The molecule has 1 N–H and O–H groups in total. The van der Waals surface area contributed by atoms with Crippen molar-refractivity contribution in [3.05, 3.63) is 69.4 Å². The van der Waals surface area contributed by atoms with Gasteiger partial charge in [0.25, 0.3) is 5.56 Å². The van der Waals surface area contributed by atoms with E-state index in [1.165, 1.54) is 5.56 Å². The molecule has 3 aromatic rings. The van der Waals surface area contributed by atoms with Crippen LogP contribution in [0.2, 0.25) is 0 Å². The Bertz CT molecular complexity index is 986. The fraction of sp³-hybridized carbons (Fsp3) is 0.381. The van der Waals surface area contributed by atoms with E-state index >= 15 is 0 Å². The summed E-state index contributed by atoms with van der Waals surface area (Å²) in [6, 6.07) is 9.68. The fourth-order valence-corrected chi connectivity index (χ4v) is 3.23. The summed E-state index contributed by atoms with van der Waals surface area (Å²) < 4.78 is 1.85. The molecular formula is C21H27N5O. The average molecular weight is 365 g/mol. The summed E-state index contributed by atoms with van der Waals surface area (Å²) in [5.74, 6) is 0.835. The van der Waals surface area contributed by atoms with Crippen molar-refractivity contribution >= 4 is 0 Å². The van der Waals surface area contributed by atoms with Gasteiger partial charge in [0.1, 0.15) is 5.82 Å². The Morgan fingerprint density at radius 2 is 1.89 bits per heavy atom. The van der Waals surface area contributed by atoms with Gasteiger partial charge in [-0.25, -0.2) is 4.98 Å². The molecule has 0 spiro atoms. The van der Waals surface area contributed by atoms with Gasteiger partial charge >= 0.3 is 0 Å². The molecule has 2 aromatic heterocycles. The molecular weight excluding hydrogens is 338 g/mol. The number of benzene rings is 1. The van der Waals surface area contributed by atoms with Crippen LogP contribution < -0.4 is 5.56 Å². The maximum absolute atomic E-state index is 12.1. The summed E-state index contributed by atoms with van der Waals surface area (Å²) in [6.45, 7) is 7.68. The van der Waals surface area contributed by atoms with Crippen LogP contribution in [0.5, 0.6) is 0 Å². The quantitative estimate of drug-likeness (QED) is 0.728. The average Bonchev–Trinajstić information content (AvgIpc) is 2.91. The first kappa shape index (κ1) is 19.0. The van der Waals surface area contributed by atoms with Crippen LogP contribution in [-0.2, 0) is 20.1 Å². The highest BCUT2D eigenvalue weighted by molar-refractivity contribution is 5.60. The first-order valence-electron chi connectivity index (χ1n) is 9.20. The summed E-state index contributed by atoms with van der Waals surface area (Å²) >= 11 is 0. The van der Waals surface area contributed by atoms with Gasteiger partial charge in [0.15, 0.2) is 0 Å². The van der Waals surface area contributed by atoms with E-state index in [2.05, 4.69) is 39.3 Å². The summed E-state index contributed by atoms with van der Waals surface area (Å²) in [7, 11) is 4.03. The highest BCUT2D eigenvalue weighted by Crippen LogP contribution is 2.23. The van der Waals surface area contributed by atoms with Crippen molar-refractivity contribution in [2.75, 3.05) is 7.05 Å². The van der Waals surface area contributed by atoms with Gasteiger partial charge in [-0.15, -0.1) is 0 Å². The summed E-state index contributed by atoms with van der Waals surface area (Å²) in [4.78, 5) is 21.9. The number of aryl methyl sites for hydroxylation is 2. The molecule has 0 unspecified atom stereocenters. The van der Waals surface area contributed by atoms with E-state index in [0.717, 1.165) is 35.6 Å². The predicted molar refractivity (Wildman–Crippen MR) is 107 cm³/mol. The molecule has 2 heterocycles. The second-order valence-corrected chi connectivity index (χ2v) is 7.42. The molecule has 27 heavy (non-hydrogen) atoms. The molecule has 0 fully saturated rings. The van der Waals surface area contributed by atoms with Gasteiger partial charge in [-0.2, -0.15) is 5.10 Å². The lowest BCUT2D eigenvalue weighted by Crippen LogP contribution is -2.18. The van der Waals surface area contributed by atoms with E-state index in [1.54, 1.807) is 6.07 Å². The number of nitrogens with one attached hydrogen (secondary N) is 1. The van der Waals surface area contributed by atoms with Crippen LogP contribution >= 0.6 is 0 Å². The van der Waals surface area contributed by atoms with Crippen molar-refractivity contribution in [3.8, 4) is 11.4 Å². The number of nitrogens with zero attached hydrogens (tertiary/aromatic N) is 4. The SMILES string of the molecule is Cc1nn(C)cc1CN(C)Cc1ccccc1-c1nc(C(C)C)cc(=O)[nH]1. The normalized spacial score (nSPS) is 11.5. The molecule has 0 atom stereocenters. The minimum absolute atomic E-state index is 0.113. The van der Waals surface area contributed by atoms with Crippen LogP contribution in [0.15, 0.2) is 41.3 Å². The molecule has 0 aliphatic carbocycles. The van der Waals surface area contributed by atoms with E-state index in [0.29, 0.717) is 5.82 Å². The monoisotopic (exact) mass is 365 g/mol. The summed E-state index contributed by atoms with van der Waals surface area (Å²) in [5.41, 5.74) is 5.05. The molecule has 0 saturated carbocycles. The summed E-state index contributed by atoms with van der Waals surface area (Å²) in [5, 5.41) is 4.41. The molecule has 0 amide bonds. The van der Waals surface area contributed by atoms with Crippen molar-refractivity contribution < 1.29 is 0 Å². The van der Waals surface area contributed by atoms with Crippen molar-refractivity contribution in [2.24, 2.45) is 7.05 Å². The fourth-order valence-electron chi connectivity index (χ4n) is 3.23. The Labute approximate surface area is 159 Å². The van der Waals surface area contributed by atoms with Crippen LogP contribution in [0.3, 0.4) is 0 Å². The first-order chi connectivity index (χ1) is 12.8. The second kappa shape index (κ2) is 7.88. The molecule has 6 heteroatoms. The van der Waals surface area contributed by atoms with Crippen LogP contribution in [0, 0.1) is 6.92 Å². The van der Waals surface area contributed by atoms with Crippen molar-refractivity contribution in [2.45, 2.75) is 39.8 Å². The summed E-state index contributed by atoms with van der Waals surface area (Å²) in [6.07, 6.45) is 2.06. The highest BCUT2D eigenvalue weighted by Gasteiger charge is 2.13. The first-order valence-corrected chi connectivity index (χ1v) is 9.20. The van der Waals surface area contributed by atoms with Gasteiger partial charge in [-0.1, -0.05) is 38.1 Å². The zero-order valence-electron chi connectivity index (χ0n) is 16.7. The van der Waals surface area contributed by atoms with Crippen molar-refractivity contribution in [1.82, 2.24) is 24.6 Å². The standard InChI is InChI=1S/C21H27N5O/c1-14(2)19-10-20(27)23-21(22-19)18-9-7-6-8-16(18)11-25(4)12-17-13-26(5)24-15(17)3/h6-10,13-14H,11-12H2,1-5H3,(H,22,23,27). The molecule has 142 valence electrons. The highest BCUT2D eigenvalue weighted by atomic mass is 16.1. The van der Waals surface area contributed by atoms with Gasteiger partial charge in [-0.3, -0.25) is 14.4 Å². The smallest absolute Gasteiger partial charge is 0.251 e. The Kier molecular flexibility index (Phi) is 5.56. The molecule has 0 saturated heterocycles. The lowest BCUT2D eigenvalue weighted by Gasteiger charge is -2.18. The van der Waals surface area contributed by atoms with E-state index in [-0.39, 0.29) is 11.5 Å². The van der Waals surface area contributed by atoms with E-state index in [4.69, 9.17) is 0 Å². The Balaban J connectivity index is 1.88. The topological polar surface area (TPSA) is 66.8 Å². The molecule has 0 bridgehead atoms. The van der Waals surface area contributed by atoms with E-state index in [9.17, 15) is 4.79 Å². The molecule has 0 radical (unpaired) electrons. The van der Waals surface area contributed by atoms with Gasteiger partial charge in [0.05, 0.1) is 11.4 Å². The maximum atomic E-state index is 12.1.